The minimum atomic E-state index is -0.408. The molecular formula is C13H19N3O2. The molecule has 1 aliphatic heterocycles. The number of hydrogen-bond acceptors (Lipinski definition) is 4. The first kappa shape index (κ1) is 12.8. The SMILES string of the molecule is Cc1ccc([N+](=O)[O-])c(N)c1CN1CCCCC1. The van der Waals surface area contributed by atoms with E-state index in [9.17, 15) is 10.1 Å². The average Bonchev–Trinajstić information content (AvgIpc) is 2.35. The minimum Gasteiger partial charge on any atom is -0.393 e. The molecule has 2 rings (SSSR count). The summed E-state index contributed by atoms with van der Waals surface area (Å²) >= 11 is 0. The van der Waals surface area contributed by atoms with Gasteiger partial charge in [0, 0.05) is 12.6 Å². The Kier molecular flexibility index (Phi) is 3.81. The van der Waals surface area contributed by atoms with E-state index in [0.717, 1.165) is 30.8 Å². The van der Waals surface area contributed by atoms with Gasteiger partial charge < -0.3 is 5.73 Å². The van der Waals surface area contributed by atoms with E-state index < -0.39 is 4.92 Å². The van der Waals surface area contributed by atoms with Crippen molar-refractivity contribution < 1.29 is 4.92 Å². The second kappa shape index (κ2) is 5.35. The van der Waals surface area contributed by atoms with Crippen molar-refractivity contribution in [2.75, 3.05) is 18.8 Å². The van der Waals surface area contributed by atoms with Crippen LogP contribution in [0.3, 0.4) is 0 Å². The van der Waals surface area contributed by atoms with Crippen LogP contribution < -0.4 is 5.73 Å². The van der Waals surface area contributed by atoms with Crippen LogP contribution >= 0.6 is 0 Å². The van der Waals surface area contributed by atoms with E-state index in [-0.39, 0.29) is 5.69 Å². The molecule has 0 aliphatic carbocycles. The molecule has 0 unspecified atom stereocenters. The van der Waals surface area contributed by atoms with Gasteiger partial charge in [0.15, 0.2) is 0 Å². The van der Waals surface area contributed by atoms with Crippen molar-refractivity contribution >= 4 is 11.4 Å². The Morgan fingerprint density at radius 2 is 2.00 bits per heavy atom. The van der Waals surface area contributed by atoms with Crippen LogP contribution in [0.5, 0.6) is 0 Å². The monoisotopic (exact) mass is 249 g/mol. The molecule has 0 saturated carbocycles. The molecule has 18 heavy (non-hydrogen) atoms. The Hall–Kier alpha value is -1.62. The molecule has 0 amide bonds. The van der Waals surface area contributed by atoms with E-state index in [2.05, 4.69) is 4.90 Å². The highest BCUT2D eigenvalue weighted by atomic mass is 16.6. The lowest BCUT2D eigenvalue weighted by Gasteiger charge is -2.27. The number of nitro groups is 1. The average molecular weight is 249 g/mol. The normalized spacial score (nSPS) is 16.7. The Balaban J connectivity index is 2.25. The summed E-state index contributed by atoms with van der Waals surface area (Å²) in [7, 11) is 0. The number of nitro benzene ring substituents is 1. The number of likely N-dealkylation sites (tertiary alicyclic amines) is 1. The lowest BCUT2D eigenvalue weighted by atomic mass is 10.0. The third kappa shape index (κ3) is 2.61. The van der Waals surface area contributed by atoms with Crippen LogP contribution in [0.2, 0.25) is 0 Å². The topological polar surface area (TPSA) is 72.4 Å². The highest BCUT2D eigenvalue weighted by Crippen LogP contribution is 2.29. The first-order chi connectivity index (χ1) is 8.59. The highest BCUT2D eigenvalue weighted by molar-refractivity contribution is 5.65. The van der Waals surface area contributed by atoms with Gasteiger partial charge >= 0.3 is 0 Å². The van der Waals surface area contributed by atoms with Gasteiger partial charge in [-0.2, -0.15) is 0 Å². The lowest BCUT2D eigenvalue weighted by molar-refractivity contribution is -0.384. The van der Waals surface area contributed by atoms with Gasteiger partial charge in [0.1, 0.15) is 5.69 Å². The molecular weight excluding hydrogens is 230 g/mol. The van der Waals surface area contributed by atoms with Crippen LogP contribution in [0.1, 0.15) is 30.4 Å². The molecule has 1 fully saturated rings. The van der Waals surface area contributed by atoms with Crippen LogP contribution in [0.15, 0.2) is 12.1 Å². The number of nitrogens with zero attached hydrogens (tertiary/aromatic N) is 2. The number of hydrogen-bond donors (Lipinski definition) is 1. The molecule has 0 radical (unpaired) electrons. The summed E-state index contributed by atoms with van der Waals surface area (Å²) in [5.74, 6) is 0. The van der Waals surface area contributed by atoms with Crippen molar-refractivity contribution in [3.8, 4) is 0 Å². The van der Waals surface area contributed by atoms with Crippen molar-refractivity contribution in [1.82, 2.24) is 4.90 Å². The standard InChI is InChI=1S/C13H19N3O2/c1-10-5-6-12(16(17)18)13(14)11(10)9-15-7-3-2-4-8-15/h5-6H,2-4,7-9,14H2,1H3. The fraction of sp³-hybridized carbons (Fsp3) is 0.538. The second-order valence-electron chi connectivity index (χ2n) is 4.89. The van der Waals surface area contributed by atoms with Crippen molar-refractivity contribution in [3.05, 3.63) is 33.4 Å². The maximum atomic E-state index is 10.9. The Morgan fingerprint density at radius 3 is 2.61 bits per heavy atom. The molecule has 1 aromatic carbocycles. The number of nitrogens with two attached hydrogens (primary N) is 1. The van der Waals surface area contributed by atoms with E-state index in [0.29, 0.717) is 5.69 Å². The molecule has 98 valence electrons. The van der Waals surface area contributed by atoms with Gasteiger partial charge in [-0.15, -0.1) is 0 Å². The summed E-state index contributed by atoms with van der Waals surface area (Å²) in [6, 6.07) is 3.28. The fourth-order valence-electron chi connectivity index (χ4n) is 2.47. The van der Waals surface area contributed by atoms with Gasteiger partial charge in [0.2, 0.25) is 0 Å². The van der Waals surface area contributed by atoms with E-state index in [4.69, 9.17) is 5.73 Å². The van der Waals surface area contributed by atoms with E-state index >= 15 is 0 Å². The lowest BCUT2D eigenvalue weighted by Crippen LogP contribution is -2.29. The van der Waals surface area contributed by atoms with Gasteiger partial charge in [-0.3, -0.25) is 15.0 Å². The van der Waals surface area contributed by atoms with E-state index in [1.807, 2.05) is 6.92 Å². The number of rotatable bonds is 3. The molecule has 1 aromatic rings. The summed E-state index contributed by atoms with van der Waals surface area (Å²) in [6.07, 6.45) is 3.68. The number of aryl methyl sites for hydroxylation is 1. The van der Waals surface area contributed by atoms with Gasteiger partial charge in [-0.1, -0.05) is 12.5 Å². The molecule has 1 saturated heterocycles. The van der Waals surface area contributed by atoms with Gasteiger partial charge in [-0.25, -0.2) is 0 Å². The van der Waals surface area contributed by atoms with E-state index in [1.54, 1.807) is 6.07 Å². The van der Waals surface area contributed by atoms with Crippen molar-refractivity contribution in [2.45, 2.75) is 32.7 Å². The third-order valence-corrected chi connectivity index (χ3v) is 3.60. The Morgan fingerprint density at radius 1 is 1.33 bits per heavy atom. The van der Waals surface area contributed by atoms with Crippen molar-refractivity contribution in [1.29, 1.82) is 0 Å². The molecule has 1 heterocycles. The molecule has 5 heteroatoms. The van der Waals surface area contributed by atoms with Gasteiger partial charge in [-0.05, 0) is 44.0 Å². The van der Waals surface area contributed by atoms with Crippen molar-refractivity contribution in [3.63, 3.8) is 0 Å². The van der Waals surface area contributed by atoms with Gasteiger partial charge in [0.05, 0.1) is 4.92 Å². The zero-order valence-corrected chi connectivity index (χ0v) is 10.7. The van der Waals surface area contributed by atoms with Crippen LogP contribution in [0.4, 0.5) is 11.4 Å². The Bertz CT molecular complexity index is 454. The zero-order chi connectivity index (χ0) is 13.1. The van der Waals surface area contributed by atoms with E-state index in [1.165, 1.54) is 25.3 Å². The summed E-state index contributed by atoms with van der Waals surface area (Å²) in [4.78, 5) is 12.8. The first-order valence-corrected chi connectivity index (χ1v) is 6.34. The quantitative estimate of drug-likeness (QED) is 0.507. The fourth-order valence-corrected chi connectivity index (χ4v) is 2.47. The third-order valence-electron chi connectivity index (χ3n) is 3.60. The summed E-state index contributed by atoms with van der Waals surface area (Å²) in [5, 5.41) is 10.9. The summed E-state index contributed by atoms with van der Waals surface area (Å²) in [6.45, 7) is 4.79. The number of piperidine rings is 1. The predicted octanol–water partition coefficient (Wildman–Crippen LogP) is 2.47. The molecule has 5 nitrogen and oxygen atoms in total. The maximum absolute atomic E-state index is 10.9. The number of anilines is 1. The predicted molar refractivity (Wildman–Crippen MR) is 71.4 cm³/mol. The largest absolute Gasteiger partial charge is 0.393 e. The molecule has 0 atom stereocenters. The molecule has 0 spiro atoms. The molecule has 1 aliphatic rings. The summed E-state index contributed by atoms with van der Waals surface area (Å²) < 4.78 is 0. The van der Waals surface area contributed by atoms with Crippen LogP contribution in [-0.4, -0.2) is 22.9 Å². The van der Waals surface area contributed by atoms with Crippen LogP contribution in [0, 0.1) is 17.0 Å². The zero-order valence-electron chi connectivity index (χ0n) is 10.7. The molecule has 2 N–H and O–H groups in total. The first-order valence-electron chi connectivity index (χ1n) is 6.34. The number of benzene rings is 1. The Labute approximate surface area is 107 Å². The second-order valence-corrected chi connectivity index (χ2v) is 4.89. The molecule has 0 aromatic heterocycles. The van der Waals surface area contributed by atoms with Crippen molar-refractivity contribution in [2.24, 2.45) is 0 Å². The van der Waals surface area contributed by atoms with Crippen LogP contribution in [-0.2, 0) is 6.54 Å². The smallest absolute Gasteiger partial charge is 0.292 e. The molecule has 0 bridgehead atoms. The maximum Gasteiger partial charge on any atom is 0.292 e. The minimum absolute atomic E-state index is 0.0209. The van der Waals surface area contributed by atoms with Gasteiger partial charge in [0.25, 0.3) is 5.69 Å². The highest BCUT2D eigenvalue weighted by Gasteiger charge is 2.19. The van der Waals surface area contributed by atoms with Crippen LogP contribution in [0.25, 0.3) is 0 Å². The number of nitrogen functional groups attached to an aromatic ring is 1. The summed E-state index contributed by atoms with van der Waals surface area (Å²) in [5.41, 5.74) is 8.22.